The van der Waals surface area contributed by atoms with Gasteiger partial charge >= 0.3 is 0 Å². The third-order valence-electron chi connectivity index (χ3n) is 4.02. The molecular formula is C19H14N6O2. The average Bonchev–Trinajstić information content (AvgIpc) is 3.36. The fourth-order valence-electron chi connectivity index (χ4n) is 2.78. The van der Waals surface area contributed by atoms with Crippen LogP contribution in [-0.2, 0) is 6.54 Å². The van der Waals surface area contributed by atoms with E-state index in [0.717, 1.165) is 11.3 Å². The predicted molar refractivity (Wildman–Crippen MR) is 96.5 cm³/mol. The fraction of sp³-hybridized carbons (Fsp3) is 0.105. The van der Waals surface area contributed by atoms with Crippen molar-refractivity contribution in [3.05, 3.63) is 66.5 Å². The number of nitriles is 1. The molecule has 0 atom stereocenters. The molecule has 0 aromatic carbocycles. The van der Waals surface area contributed by atoms with E-state index in [4.69, 9.17) is 9.68 Å². The van der Waals surface area contributed by atoms with Crippen molar-refractivity contribution in [2.45, 2.75) is 6.54 Å². The van der Waals surface area contributed by atoms with Crippen LogP contribution in [0, 0.1) is 11.3 Å². The van der Waals surface area contributed by atoms with E-state index in [-0.39, 0.29) is 12.5 Å². The number of carbonyl (C=O) groups is 1. The van der Waals surface area contributed by atoms with Crippen molar-refractivity contribution in [3.63, 3.8) is 0 Å². The molecule has 0 aliphatic rings. The van der Waals surface area contributed by atoms with Gasteiger partial charge in [0, 0.05) is 18.0 Å². The van der Waals surface area contributed by atoms with Gasteiger partial charge in [-0.1, -0.05) is 0 Å². The van der Waals surface area contributed by atoms with Crippen LogP contribution in [0.4, 0.5) is 0 Å². The minimum absolute atomic E-state index is 0.0780. The van der Waals surface area contributed by atoms with Crippen molar-refractivity contribution in [1.29, 1.82) is 5.26 Å². The van der Waals surface area contributed by atoms with E-state index in [1.165, 1.54) is 0 Å². The number of pyridine rings is 2. The number of hydrogen-bond donors (Lipinski definition) is 1. The van der Waals surface area contributed by atoms with Crippen molar-refractivity contribution in [1.82, 2.24) is 25.1 Å². The third-order valence-corrected chi connectivity index (χ3v) is 4.02. The highest BCUT2D eigenvalue weighted by Crippen LogP contribution is 2.25. The Morgan fingerprint density at radius 3 is 2.96 bits per heavy atom. The molecule has 0 bridgehead atoms. The summed E-state index contributed by atoms with van der Waals surface area (Å²) in [5.41, 5.74) is 2.33. The maximum Gasteiger partial charge on any atom is 0.252 e. The van der Waals surface area contributed by atoms with Gasteiger partial charge in [-0.15, -0.1) is 0 Å². The SMILES string of the molecule is N#CCNC(=O)c1cc(-c2cccnc2)nc2c1cnn2Cc1ccco1. The molecule has 4 aromatic heterocycles. The third kappa shape index (κ3) is 3.26. The van der Waals surface area contributed by atoms with Gasteiger partial charge in [0.05, 0.1) is 35.2 Å². The molecule has 0 unspecified atom stereocenters. The zero-order valence-corrected chi connectivity index (χ0v) is 14.2. The first-order valence-electron chi connectivity index (χ1n) is 8.21. The quantitative estimate of drug-likeness (QED) is 0.549. The lowest BCUT2D eigenvalue weighted by Crippen LogP contribution is -2.24. The Kier molecular flexibility index (Phi) is 4.33. The summed E-state index contributed by atoms with van der Waals surface area (Å²) in [5.74, 6) is 0.371. The summed E-state index contributed by atoms with van der Waals surface area (Å²) in [6, 6.07) is 10.9. The van der Waals surface area contributed by atoms with Gasteiger partial charge in [0.15, 0.2) is 5.65 Å². The van der Waals surface area contributed by atoms with Gasteiger partial charge in [0.2, 0.25) is 0 Å². The molecule has 8 nitrogen and oxygen atoms in total. The molecule has 0 spiro atoms. The van der Waals surface area contributed by atoms with Gasteiger partial charge in [0.25, 0.3) is 5.91 Å². The minimum Gasteiger partial charge on any atom is -0.467 e. The van der Waals surface area contributed by atoms with Gasteiger partial charge in [-0.05, 0) is 30.3 Å². The first kappa shape index (κ1) is 16.5. The molecule has 0 aliphatic heterocycles. The van der Waals surface area contributed by atoms with Crippen LogP contribution >= 0.6 is 0 Å². The van der Waals surface area contributed by atoms with Crippen LogP contribution in [0.3, 0.4) is 0 Å². The standard InChI is InChI=1S/C19H14N6O2/c20-5-7-22-19(26)15-9-17(13-3-1-6-21-10-13)24-18-16(15)11-23-25(18)12-14-4-2-8-27-14/h1-4,6,8-11H,7,12H2,(H,22,26). The molecule has 8 heteroatoms. The van der Waals surface area contributed by atoms with Crippen molar-refractivity contribution >= 4 is 16.9 Å². The molecule has 1 amide bonds. The Labute approximate surface area is 154 Å². The Balaban J connectivity index is 1.86. The smallest absolute Gasteiger partial charge is 0.252 e. The first-order valence-corrected chi connectivity index (χ1v) is 8.21. The molecular weight excluding hydrogens is 344 g/mol. The Hall–Kier alpha value is -3.99. The molecule has 132 valence electrons. The van der Waals surface area contributed by atoms with E-state index >= 15 is 0 Å². The number of furan rings is 1. The number of nitrogens with zero attached hydrogens (tertiary/aromatic N) is 5. The van der Waals surface area contributed by atoms with E-state index < -0.39 is 0 Å². The topological polar surface area (TPSA) is 110 Å². The second-order valence-electron chi connectivity index (χ2n) is 5.76. The monoisotopic (exact) mass is 358 g/mol. The lowest BCUT2D eigenvalue weighted by molar-refractivity contribution is 0.0960. The highest BCUT2D eigenvalue weighted by Gasteiger charge is 2.18. The zero-order chi connectivity index (χ0) is 18.6. The summed E-state index contributed by atoms with van der Waals surface area (Å²) in [4.78, 5) is 21.4. The average molecular weight is 358 g/mol. The summed E-state index contributed by atoms with van der Waals surface area (Å²) in [7, 11) is 0. The summed E-state index contributed by atoms with van der Waals surface area (Å²) >= 11 is 0. The number of rotatable bonds is 5. The van der Waals surface area contributed by atoms with Crippen molar-refractivity contribution in [2.24, 2.45) is 0 Å². The summed E-state index contributed by atoms with van der Waals surface area (Å²) in [6.07, 6.45) is 6.54. The number of nitrogens with one attached hydrogen (secondary N) is 1. The largest absolute Gasteiger partial charge is 0.467 e. The van der Waals surface area contributed by atoms with Crippen molar-refractivity contribution in [3.8, 4) is 17.3 Å². The second kappa shape index (κ2) is 7.09. The van der Waals surface area contributed by atoms with Gasteiger partial charge in [-0.25, -0.2) is 9.67 Å². The van der Waals surface area contributed by atoms with Crippen LogP contribution in [0.5, 0.6) is 0 Å². The molecule has 0 fully saturated rings. The van der Waals surface area contributed by atoms with Gasteiger partial charge in [-0.3, -0.25) is 9.78 Å². The van der Waals surface area contributed by atoms with Crippen LogP contribution in [0.15, 0.2) is 59.6 Å². The summed E-state index contributed by atoms with van der Waals surface area (Å²) in [5, 5.41) is 16.3. The van der Waals surface area contributed by atoms with E-state index in [0.29, 0.717) is 28.8 Å². The van der Waals surface area contributed by atoms with E-state index in [2.05, 4.69) is 20.4 Å². The molecule has 4 heterocycles. The number of aromatic nitrogens is 4. The Morgan fingerprint density at radius 2 is 2.22 bits per heavy atom. The summed E-state index contributed by atoms with van der Waals surface area (Å²) < 4.78 is 7.06. The van der Waals surface area contributed by atoms with Gasteiger partial charge in [-0.2, -0.15) is 10.4 Å². The molecule has 4 rings (SSSR count). The molecule has 4 aromatic rings. The number of hydrogen-bond acceptors (Lipinski definition) is 6. The molecule has 0 aliphatic carbocycles. The van der Waals surface area contributed by atoms with Crippen LogP contribution in [0.25, 0.3) is 22.3 Å². The Bertz CT molecular complexity index is 1130. The maximum atomic E-state index is 12.6. The minimum atomic E-state index is -0.355. The van der Waals surface area contributed by atoms with Crippen LogP contribution in [0.1, 0.15) is 16.1 Å². The maximum absolute atomic E-state index is 12.6. The molecule has 0 saturated carbocycles. The van der Waals surface area contributed by atoms with E-state index in [1.54, 1.807) is 47.7 Å². The van der Waals surface area contributed by atoms with Crippen molar-refractivity contribution < 1.29 is 9.21 Å². The molecule has 1 N–H and O–H groups in total. The zero-order valence-electron chi connectivity index (χ0n) is 14.2. The van der Waals surface area contributed by atoms with Crippen LogP contribution < -0.4 is 5.32 Å². The van der Waals surface area contributed by atoms with Crippen LogP contribution in [0.2, 0.25) is 0 Å². The molecule has 27 heavy (non-hydrogen) atoms. The lowest BCUT2D eigenvalue weighted by atomic mass is 10.1. The second-order valence-corrected chi connectivity index (χ2v) is 5.76. The molecule has 0 saturated heterocycles. The summed E-state index contributed by atoms with van der Waals surface area (Å²) in [6.45, 7) is 0.310. The predicted octanol–water partition coefficient (Wildman–Crippen LogP) is 2.39. The van der Waals surface area contributed by atoms with Gasteiger partial charge in [0.1, 0.15) is 18.8 Å². The number of carbonyl (C=O) groups excluding carboxylic acids is 1. The highest BCUT2D eigenvalue weighted by molar-refractivity contribution is 6.06. The lowest BCUT2D eigenvalue weighted by Gasteiger charge is -2.08. The highest BCUT2D eigenvalue weighted by atomic mass is 16.3. The normalized spacial score (nSPS) is 10.6. The molecule has 0 radical (unpaired) electrons. The van der Waals surface area contributed by atoms with E-state index in [9.17, 15) is 4.79 Å². The number of amides is 1. The Morgan fingerprint density at radius 1 is 1.30 bits per heavy atom. The fourth-order valence-corrected chi connectivity index (χ4v) is 2.78. The van der Waals surface area contributed by atoms with Crippen LogP contribution in [-0.4, -0.2) is 32.2 Å². The first-order chi connectivity index (χ1) is 13.3. The van der Waals surface area contributed by atoms with Gasteiger partial charge < -0.3 is 9.73 Å². The van der Waals surface area contributed by atoms with Crippen molar-refractivity contribution in [2.75, 3.05) is 6.54 Å². The van der Waals surface area contributed by atoms with E-state index in [1.807, 2.05) is 18.2 Å². The number of fused-ring (bicyclic) bond motifs is 1.